The van der Waals surface area contributed by atoms with Crippen molar-refractivity contribution in [2.75, 3.05) is 12.3 Å². The van der Waals surface area contributed by atoms with Crippen LogP contribution in [0.2, 0.25) is 0 Å². The summed E-state index contributed by atoms with van der Waals surface area (Å²) in [4.78, 5) is 15.0. The molecule has 1 amide bonds. The van der Waals surface area contributed by atoms with E-state index >= 15 is 0 Å². The van der Waals surface area contributed by atoms with Gasteiger partial charge in [0, 0.05) is 5.75 Å². The third-order valence-corrected chi connectivity index (χ3v) is 2.48. The maximum absolute atomic E-state index is 11.0. The molecule has 0 spiro atoms. The van der Waals surface area contributed by atoms with E-state index in [4.69, 9.17) is 0 Å². The summed E-state index contributed by atoms with van der Waals surface area (Å²) in [7, 11) is 0. The number of alkyl halides is 1. The van der Waals surface area contributed by atoms with Crippen molar-refractivity contribution in [1.82, 2.24) is 5.32 Å². The van der Waals surface area contributed by atoms with Crippen molar-refractivity contribution in [1.29, 1.82) is 0 Å². The zero-order chi connectivity index (χ0) is 8.27. The number of carbonyl (C=O) groups is 1. The predicted molar refractivity (Wildman–Crippen MR) is 51.3 cm³/mol. The Balaban J connectivity index is 2.35. The maximum atomic E-state index is 11.0. The fourth-order valence-corrected chi connectivity index (χ4v) is 1.46. The second-order valence-corrected chi connectivity index (χ2v) is 4.60. The van der Waals surface area contributed by atoms with Gasteiger partial charge in [-0.1, -0.05) is 27.7 Å². The number of thioether (sulfide) groups is 1. The molecule has 0 aliphatic carbocycles. The van der Waals surface area contributed by atoms with Crippen LogP contribution in [-0.4, -0.2) is 28.2 Å². The van der Waals surface area contributed by atoms with E-state index in [1.807, 2.05) is 0 Å². The minimum absolute atomic E-state index is 0.0295. The molecule has 0 unspecified atom stereocenters. The number of nitrogens with zero attached hydrogens (tertiary/aromatic N) is 1. The largest absolute Gasteiger partial charge is 0.304 e. The standard InChI is InChI=1S/C6H9BrN2OS/c1-4(7)5(10)9-6-8-2-3-11-6/h4H,2-3H2,1H3,(H,8,9,10)/t4-/m1/s1. The first-order chi connectivity index (χ1) is 5.20. The normalized spacial score (nSPS) is 19.3. The summed E-state index contributed by atoms with van der Waals surface area (Å²) in [6, 6.07) is 0. The van der Waals surface area contributed by atoms with Gasteiger partial charge in [-0.25, -0.2) is 0 Å². The smallest absolute Gasteiger partial charge is 0.239 e. The summed E-state index contributed by atoms with van der Waals surface area (Å²) >= 11 is 4.76. The fraction of sp³-hybridized carbons (Fsp3) is 0.667. The highest BCUT2D eigenvalue weighted by atomic mass is 79.9. The molecule has 0 saturated carbocycles. The molecule has 0 aromatic heterocycles. The van der Waals surface area contributed by atoms with Crippen LogP contribution in [0.15, 0.2) is 4.99 Å². The highest BCUT2D eigenvalue weighted by Gasteiger charge is 2.13. The van der Waals surface area contributed by atoms with Crippen LogP contribution < -0.4 is 5.32 Å². The summed E-state index contributed by atoms with van der Waals surface area (Å²) in [6.07, 6.45) is 0. The predicted octanol–water partition coefficient (Wildman–Crippen LogP) is 0.989. The van der Waals surface area contributed by atoms with E-state index in [-0.39, 0.29) is 10.7 Å². The van der Waals surface area contributed by atoms with Gasteiger partial charge in [0.1, 0.15) is 0 Å². The van der Waals surface area contributed by atoms with Crippen LogP contribution in [0.4, 0.5) is 0 Å². The van der Waals surface area contributed by atoms with Gasteiger partial charge in [0.25, 0.3) is 0 Å². The van der Waals surface area contributed by atoms with Crippen LogP contribution in [0.1, 0.15) is 6.92 Å². The lowest BCUT2D eigenvalue weighted by Crippen LogP contribution is -2.32. The molecule has 5 heteroatoms. The average molecular weight is 237 g/mol. The quantitative estimate of drug-likeness (QED) is 0.691. The third-order valence-electron chi connectivity index (χ3n) is 1.18. The summed E-state index contributed by atoms with van der Waals surface area (Å²) in [5.74, 6) is 0.949. The molecule has 62 valence electrons. The molecule has 3 nitrogen and oxygen atoms in total. The first-order valence-electron chi connectivity index (χ1n) is 3.32. The van der Waals surface area contributed by atoms with Crippen molar-refractivity contribution in [3.05, 3.63) is 0 Å². The Morgan fingerprint density at radius 2 is 2.64 bits per heavy atom. The summed E-state index contributed by atoms with van der Waals surface area (Å²) in [5.41, 5.74) is 0. The molecule has 0 radical (unpaired) electrons. The first-order valence-corrected chi connectivity index (χ1v) is 5.22. The van der Waals surface area contributed by atoms with Gasteiger partial charge in [-0.15, -0.1) is 0 Å². The van der Waals surface area contributed by atoms with Gasteiger partial charge < -0.3 is 5.32 Å². The van der Waals surface area contributed by atoms with Crippen molar-refractivity contribution in [2.45, 2.75) is 11.8 Å². The molecule has 1 aliphatic heterocycles. The average Bonchev–Trinajstić information content (AvgIpc) is 2.39. The van der Waals surface area contributed by atoms with Crippen molar-refractivity contribution in [3.8, 4) is 0 Å². The molecule has 1 heterocycles. The summed E-state index contributed by atoms with van der Waals surface area (Å²) in [6.45, 7) is 2.60. The van der Waals surface area contributed by atoms with Gasteiger partial charge in [-0.05, 0) is 6.92 Å². The number of amidine groups is 1. The van der Waals surface area contributed by atoms with Crippen LogP contribution in [0.3, 0.4) is 0 Å². The lowest BCUT2D eigenvalue weighted by atomic mass is 10.5. The third kappa shape index (κ3) is 2.83. The second-order valence-electron chi connectivity index (χ2n) is 2.14. The van der Waals surface area contributed by atoms with Crippen LogP contribution in [-0.2, 0) is 4.79 Å². The second kappa shape index (κ2) is 4.11. The minimum Gasteiger partial charge on any atom is -0.304 e. The van der Waals surface area contributed by atoms with E-state index in [0.29, 0.717) is 0 Å². The highest BCUT2D eigenvalue weighted by molar-refractivity contribution is 9.10. The molecule has 1 atom stereocenters. The van der Waals surface area contributed by atoms with Gasteiger partial charge in [0.05, 0.1) is 11.4 Å². The Labute approximate surface area is 78.2 Å². The fourth-order valence-electron chi connectivity index (χ4n) is 0.616. The van der Waals surface area contributed by atoms with Gasteiger partial charge in [-0.3, -0.25) is 9.79 Å². The Kier molecular flexibility index (Phi) is 3.39. The van der Waals surface area contributed by atoms with E-state index in [1.165, 1.54) is 0 Å². The monoisotopic (exact) mass is 236 g/mol. The van der Waals surface area contributed by atoms with Crippen molar-refractivity contribution >= 4 is 38.8 Å². The first kappa shape index (κ1) is 9.06. The number of carbonyl (C=O) groups excluding carboxylic acids is 1. The van der Waals surface area contributed by atoms with Crippen molar-refractivity contribution < 1.29 is 4.79 Å². The molecule has 1 N–H and O–H groups in total. The zero-order valence-corrected chi connectivity index (χ0v) is 8.54. The number of amides is 1. The molecule has 11 heavy (non-hydrogen) atoms. The molecule has 0 aromatic rings. The topological polar surface area (TPSA) is 41.5 Å². The number of halogens is 1. The molecule has 1 rings (SSSR count). The van der Waals surface area contributed by atoms with E-state index in [2.05, 4.69) is 26.2 Å². The lowest BCUT2D eigenvalue weighted by Gasteiger charge is -2.03. The van der Waals surface area contributed by atoms with Crippen LogP contribution in [0.25, 0.3) is 0 Å². The number of aliphatic imine (C=N–C) groups is 1. The molecule has 0 saturated heterocycles. The molecular formula is C6H9BrN2OS. The SMILES string of the molecule is C[C@@H](Br)C(=O)NC1=NCCS1. The van der Waals surface area contributed by atoms with Crippen molar-refractivity contribution in [2.24, 2.45) is 4.99 Å². The lowest BCUT2D eigenvalue weighted by molar-refractivity contribution is -0.118. The molecule has 1 aliphatic rings. The van der Waals surface area contributed by atoms with Crippen LogP contribution in [0, 0.1) is 0 Å². The molecule has 0 aromatic carbocycles. The van der Waals surface area contributed by atoms with E-state index in [0.717, 1.165) is 17.5 Å². The highest BCUT2D eigenvalue weighted by Crippen LogP contribution is 2.09. The Hall–Kier alpha value is -0.0300. The van der Waals surface area contributed by atoms with Crippen molar-refractivity contribution in [3.63, 3.8) is 0 Å². The summed E-state index contributed by atoms with van der Waals surface area (Å²) < 4.78 is 0. The minimum atomic E-state index is -0.147. The summed E-state index contributed by atoms with van der Waals surface area (Å²) in [5, 5.41) is 3.46. The number of rotatable bonds is 1. The van der Waals surface area contributed by atoms with Gasteiger partial charge in [0.15, 0.2) is 5.17 Å². The number of hydrogen-bond acceptors (Lipinski definition) is 3. The zero-order valence-electron chi connectivity index (χ0n) is 6.13. The van der Waals surface area contributed by atoms with Crippen LogP contribution in [0.5, 0.6) is 0 Å². The Bertz CT molecular complexity index is 193. The van der Waals surface area contributed by atoms with E-state index in [1.54, 1.807) is 18.7 Å². The maximum Gasteiger partial charge on any atom is 0.239 e. The Morgan fingerprint density at radius 3 is 3.09 bits per heavy atom. The van der Waals surface area contributed by atoms with Gasteiger partial charge >= 0.3 is 0 Å². The number of hydrogen-bond donors (Lipinski definition) is 1. The van der Waals surface area contributed by atoms with Gasteiger partial charge in [-0.2, -0.15) is 0 Å². The van der Waals surface area contributed by atoms with Crippen LogP contribution >= 0.6 is 27.7 Å². The van der Waals surface area contributed by atoms with E-state index < -0.39 is 0 Å². The molecular weight excluding hydrogens is 228 g/mol. The van der Waals surface area contributed by atoms with E-state index in [9.17, 15) is 4.79 Å². The van der Waals surface area contributed by atoms with Gasteiger partial charge in [0.2, 0.25) is 5.91 Å². The molecule has 0 bridgehead atoms. The molecule has 0 fully saturated rings. The Morgan fingerprint density at radius 1 is 1.91 bits per heavy atom. The number of nitrogens with one attached hydrogen (secondary N) is 1.